The first-order valence-corrected chi connectivity index (χ1v) is 5.38. The van der Waals surface area contributed by atoms with Crippen molar-refractivity contribution in [1.29, 1.82) is 0 Å². The Labute approximate surface area is 96.8 Å². The zero-order valence-corrected chi connectivity index (χ0v) is 10.5. The molecule has 1 atom stereocenters. The molecule has 0 aromatic rings. The van der Waals surface area contributed by atoms with E-state index in [2.05, 4.69) is 20.9 Å². The number of carbonyl (C=O) groups excluding carboxylic acids is 2. The summed E-state index contributed by atoms with van der Waals surface area (Å²) in [6.45, 7) is 3.45. The average Bonchev–Trinajstić information content (AvgIpc) is 2.23. The summed E-state index contributed by atoms with van der Waals surface area (Å²) >= 11 is 0. The van der Waals surface area contributed by atoms with Gasteiger partial charge in [0.2, 0.25) is 5.91 Å². The highest BCUT2D eigenvalue weighted by Crippen LogP contribution is 1.85. The van der Waals surface area contributed by atoms with Crippen LogP contribution >= 0.6 is 0 Å². The first-order chi connectivity index (χ1) is 7.47. The Morgan fingerprint density at radius 3 is 2.44 bits per heavy atom. The van der Waals surface area contributed by atoms with Crippen LogP contribution in [0.4, 0.5) is 4.79 Å². The third kappa shape index (κ3) is 7.19. The lowest BCUT2D eigenvalue weighted by Gasteiger charge is -2.14. The van der Waals surface area contributed by atoms with Crippen molar-refractivity contribution in [2.24, 2.45) is 0 Å². The molecule has 0 aromatic heterocycles. The molecule has 3 amide bonds. The molecule has 0 radical (unpaired) electrons. The fourth-order valence-corrected chi connectivity index (χ4v) is 1.09. The van der Waals surface area contributed by atoms with Crippen LogP contribution in [0.5, 0.6) is 0 Å². The van der Waals surface area contributed by atoms with Gasteiger partial charge < -0.3 is 15.5 Å². The zero-order valence-electron chi connectivity index (χ0n) is 10.5. The Morgan fingerprint density at radius 2 is 1.94 bits per heavy atom. The van der Waals surface area contributed by atoms with Gasteiger partial charge in [0.1, 0.15) is 0 Å². The Hall–Kier alpha value is -1.14. The van der Waals surface area contributed by atoms with E-state index in [9.17, 15) is 9.59 Å². The molecule has 0 heterocycles. The summed E-state index contributed by atoms with van der Waals surface area (Å²) in [6, 6.07) is -0.841. The molecule has 0 saturated carbocycles. The van der Waals surface area contributed by atoms with Crippen LogP contribution in [-0.2, 0) is 4.79 Å². The van der Waals surface area contributed by atoms with Crippen molar-refractivity contribution in [2.45, 2.75) is 19.4 Å². The number of nitrogens with zero attached hydrogens (tertiary/aromatic N) is 1. The van der Waals surface area contributed by atoms with E-state index in [0.29, 0.717) is 0 Å². The molecule has 16 heavy (non-hydrogen) atoms. The summed E-state index contributed by atoms with van der Waals surface area (Å²) in [5, 5.41) is 7.59. The molecule has 0 saturated heterocycles. The van der Waals surface area contributed by atoms with Crippen molar-refractivity contribution in [3.05, 3.63) is 0 Å². The molecular formula is C10H22N4O2. The summed E-state index contributed by atoms with van der Waals surface area (Å²) in [5.74, 6) is -0.316. The minimum absolute atomic E-state index is 0.316. The third-order valence-electron chi connectivity index (χ3n) is 2.09. The largest absolute Gasteiger partial charge is 0.341 e. The van der Waals surface area contributed by atoms with Crippen molar-refractivity contribution in [3.8, 4) is 0 Å². The third-order valence-corrected chi connectivity index (χ3v) is 2.09. The molecule has 0 spiro atoms. The van der Waals surface area contributed by atoms with E-state index < -0.39 is 6.03 Å². The molecule has 0 aliphatic carbocycles. The number of hydrogen-bond acceptors (Lipinski definition) is 4. The van der Waals surface area contributed by atoms with Gasteiger partial charge in [0, 0.05) is 7.05 Å². The lowest BCUT2D eigenvalue weighted by Crippen LogP contribution is -2.47. The van der Waals surface area contributed by atoms with Crippen LogP contribution in [0.1, 0.15) is 13.3 Å². The van der Waals surface area contributed by atoms with Crippen LogP contribution in [0.15, 0.2) is 0 Å². The summed E-state index contributed by atoms with van der Waals surface area (Å²) in [6.07, 6.45) is 0.963. The van der Waals surface area contributed by atoms with Crippen molar-refractivity contribution in [2.75, 3.05) is 34.2 Å². The smallest absolute Gasteiger partial charge is 0.321 e. The van der Waals surface area contributed by atoms with Crippen molar-refractivity contribution in [3.63, 3.8) is 0 Å². The van der Waals surface area contributed by atoms with Gasteiger partial charge in [-0.15, -0.1) is 0 Å². The minimum atomic E-state index is -0.480. The molecule has 0 aromatic carbocycles. The number of nitrogens with one attached hydrogen (secondary N) is 3. The summed E-state index contributed by atoms with van der Waals surface area (Å²) < 4.78 is 0. The van der Waals surface area contributed by atoms with Crippen LogP contribution < -0.4 is 16.0 Å². The number of rotatable bonds is 6. The van der Waals surface area contributed by atoms with Crippen LogP contribution in [0.3, 0.4) is 0 Å². The van der Waals surface area contributed by atoms with E-state index in [1.165, 1.54) is 7.05 Å². The molecule has 0 fully saturated rings. The molecule has 0 rings (SSSR count). The normalized spacial score (nSPS) is 12.3. The van der Waals surface area contributed by atoms with Crippen LogP contribution in [0.2, 0.25) is 0 Å². The number of urea groups is 1. The topological polar surface area (TPSA) is 73.5 Å². The van der Waals surface area contributed by atoms with Crippen LogP contribution in [0, 0.1) is 0 Å². The molecule has 6 nitrogen and oxygen atoms in total. The van der Waals surface area contributed by atoms with E-state index >= 15 is 0 Å². The maximum Gasteiger partial charge on any atom is 0.321 e. The first kappa shape index (κ1) is 14.9. The average molecular weight is 230 g/mol. The molecular weight excluding hydrogens is 208 g/mol. The van der Waals surface area contributed by atoms with Crippen molar-refractivity contribution in [1.82, 2.24) is 20.9 Å². The second-order valence-corrected chi connectivity index (χ2v) is 3.90. The highest BCUT2D eigenvalue weighted by Gasteiger charge is 2.13. The summed E-state index contributed by atoms with van der Waals surface area (Å²) in [7, 11) is 5.47. The summed E-state index contributed by atoms with van der Waals surface area (Å²) in [4.78, 5) is 24.3. The Morgan fingerprint density at radius 1 is 1.31 bits per heavy atom. The van der Waals surface area contributed by atoms with Gasteiger partial charge in [0.15, 0.2) is 0 Å². The van der Waals surface area contributed by atoms with E-state index in [0.717, 1.165) is 19.5 Å². The maximum absolute atomic E-state index is 11.4. The monoisotopic (exact) mass is 230 g/mol. The molecule has 0 aliphatic rings. The Kier molecular flexibility index (Phi) is 7.49. The van der Waals surface area contributed by atoms with Gasteiger partial charge in [-0.2, -0.15) is 0 Å². The van der Waals surface area contributed by atoms with E-state index in [4.69, 9.17) is 0 Å². The predicted octanol–water partition coefficient (Wildman–Crippen LogP) is -0.628. The number of carbonyl (C=O) groups is 2. The zero-order chi connectivity index (χ0) is 12.6. The SMILES string of the molecule is CNC(=O)NC(=O)C(C)NCCCN(C)C. The first-order valence-electron chi connectivity index (χ1n) is 5.38. The lowest BCUT2D eigenvalue weighted by molar-refractivity contribution is -0.121. The van der Waals surface area contributed by atoms with Gasteiger partial charge in [-0.3, -0.25) is 10.1 Å². The Balaban J connectivity index is 3.67. The molecule has 6 heteroatoms. The van der Waals surface area contributed by atoms with E-state index in [1.54, 1.807) is 6.92 Å². The van der Waals surface area contributed by atoms with Gasteiger partial charge in [0.25, 0.3) is 0 Å². The van der Waals surface area contributed by atoms with Gasteiger partial charge in [-0.1, -0.05) is 0 Å². The molecule has 1 unspecified atom stereocenters. The quantitative estimate of drug-likeness (QED) is 0.531. The lowest BCUT2D eigenvalue weighted by atomic mass is 10.3. The fourth-order valence-electron chi connectivity index (χ4n) is 1.09. The summed E-state index contributed by atoms with van der Waals surface area (Å²) in [5.41, 5.74) is 0. The molecule has 94 valence electrons. The van der Waals surface area contributed by atoms with E-state index in [1.807, 2.05) is 14.1 Å². The second kappa shape index (κ2) is 8.06. The highest BCUT2D eigenvalue weighted by molar-refractivity contribution is 5.96. The minimum Gasteiger partial charge on any atom is -0.341 e. The van der Waals surface area contributed by atoms with Gasteiger partial charge >= 0.3 is 6.03 Å². The Bertz CT molecular complexity index is 231. The second-order valence-electron chi connectivity index (χ2n) is 3.90. The van der Waals surface area contributed by atoms with Crippen molar-refractivity contribution < 1.29 is 9.59 Å². The molecule has 0 aliphatic heterocycles. The number of amides is 3. The maximum atomic E-state index is 11.4. The number of imide groups is 1. The van der Waals surface area contributed by atoms with Crippen molar-refractivity contribution >= 4 is 11.9 Å². The van der Waals surface area contributed by atoms with Gasteiger partial charge in [-0.05, 0) is 40.5 Å². The molecule has 3 N–H and O–H groups in total. The highest BCUT2D eigenvalue weighted by atomic mass is 16.2. The van der Waals surface area contributed by atoms with Crippen LogP contribution in [0.25, 0.3) is 0 Å². The van der Waals surface area contributed by atoms with Crippen LogP contribution in [-0.4, -0.2) is 57.1 Å². The predicted molar refractivity (Wildman–Crippen MR) is 63.2 cm³/mol. The fraction of sp³-hybridized carbons (Fsp3) is 0.800. The standard InChI is InChI=1S/C10H22N4O2/c1-8(9(15)13-10(16)11-2)12-6-5-7-14(3)4/h8,12H,5-7H2,1-4H3,(H2,11,13,15,16). The van der Waals surface area contributed by atoms with Gasteiger partial charge in [0.05, 0.1) is 6.04 Å². The molecule has 0 bridgehead atoms. The number of hydrogen-bond donors (Lipinski definition) is 3. The van der Waals surface area contributed by atoms with Gasteiger partial charge in [-0.25, -0.2) is 4.79 Å². The van der Waals surface area contributed by atoms with E-state index in [-0.39, 0.29) is 11.9 Å².